The van der Waals surface area contributed by atoms with E-state index in [1.165, 1.54) is 0 Å². The Morgan fingerprint density at radius 1 is 1.16 bits per heavy atom. The van der Waals surface area contributed by atoms with Crippen LogP contribution >= 0.6 is 0 Å². The van der Waals surface area contributed by atoms with Crippen LogP contribution in [0.2, 0.25) is 0 Å². The zero-order valence-corrected chi connectivity index (χ0v) is 10.4. The zero-order chi connectivity index (χ0) is 13.7. The average Bonchev–Trinajstić information content (AvgIpc) is 3.06. The first-order chi connectivity index (χ1) is 8.88. The van der Waals surface area contributed by atoms with Gasteiger partial charge in [-0.25, -0.2) is 0 Å². The molecule has 0 unspecified atom stereocenters. The maximum absolute atomic E-state index is 12.6. The van der Waals surface area contributed by atoms with Gasteiger partial charge in [-0.3, -0.25) is 0 Å². The van der Waals surface area contributed by atoms with E-state index in [0.717, 1.165) is 12.8 Å². The lowest BCUT2D eigenvalue weighted by Crippen LogP contribution is -2.43. The Labute approximate surface area is 108 Å². The second-order valence-electron chi connectivity index (χ2n) is 5.70. The topological polar surface area (TPSA) is 64.9 Å². The molecule has 2 aliphatic rings. The summed E-state index contributed by atoms with van der Waals surface area (Å²) in [5, 5.41) is 3.87. The van der Waals surface area contributed by atoms with Gasteiger partial charge in [0.2, 0.25) is 5.89 Å². The van der Waals surface area contributed by atoms with Crippen molar-refractivity contribution in [1.29, 1.82) is 0 Å². The van der Waals surface area contributed by atoms with Gasteiger partial charge in [0.15, 0.2) is 5.82 Å². The predicted octanol–water partition coefficient (Wildman–Crippen LogP) is 2.85. The molecular formula is C12H16F3N3O. The lowest BCUT2D eigenvalue weighted by atomic mass is 9.76. The van der Waals surface area contributed by atoms with E-state index in [2.05, 4.69) is 10.1 Å². The number of halogens is 3. The molecular weight excluding hydrogens is 259 g/mol. The Bertz CT molecular complexity index is 459. The van der Waals surface area contributed by atoms with Crippen molar-refractivity contribution >= 4 is 0 Å². The molecule has 2 N–H and O–H groups in total. The van der Waals surface area contributed by atoms with E-state index in [4.69, 9.17) is 10.3 Å². The van der Waals surface area contributed by atoms with Crippen LogP contribution in [0, 0.1) is 5.92 Å². The molecule has 106 valence electrons. The molecule has 2 aliphatic carbocycles. The fourth-order valence-corrected chi connectivity index (χ4v) is 2.62. The molecule has 1 heterocycles. The molecule has 0 amide bonds. The van der Waals surface area contributed by atoms with Gasteiger partial charge < -0.3 is 10.3 Å². The standard InChI is InChI=1S/C12H16F3N3O/c13-12(14,15)8-3-5-11(16,6-4-8)10-17-9(19-18-10)7-1-2-7/h7-8H,1-6,16H2. The molecule has 0 atom stereocenters. The maximum Gasteiger partial charge on any atom is 0.391 e. The first kappa shape index (κ1) is 12.9. The highest BCUT2D eigenvalue weighted by Crippen LogP contribution is 2.44. The zero-order valence-electron chi connectivity index (χ0n) is 10.4. The molecule has 0 radical (unpaired) electrons. The fourth-order valence-electron chi connectivity index (χ4n) is 2.62. The Balaban J connectivity index is 1.70. The van der Waals surface area contributed by atoms with Crippen molar-refractivity contribution in [3.8, 4) is 0 Å². The third kappa shape index (κ3) is 2.48. The largest absolute Gasteiger partial charge is 0.391 e. The molecule has 1 aromatic heterocycles. The minimum absolute atomic E-state index is 0.0350. The molecule has 2 saturated carbocycles. The predicted molar refractivity (Wildman–Crippen MR) is 60.2 cm³/mol. The van der Waals surface area contributed by atoms with Crippen LogP contribution in [-0.4, -0.2) is 16.3 Å². The Morgan fingerprint density at radius 2 is 1.79 bits per heavy atom. The molecule has 7 heteroatoms. The smallest absolute Gasteiger partial charge is 0.339 e. The van der Waals surface area contributed by atoms with Crippen LogP contribution in [0.3, 0.4) is 0 Å². The summed E-state index contributed by atoms with van der Waals surface area (Å²) in [5.41, 5.74) is 5.30. The van der Waals surface area contributed by atoms with Crippen molar-refractivity contribution < 1.29 is 17.7 Å². The molecule has 0 saturated heterocycles. The number of nitrogens with zero attached hydrogens (tertiary/aromatic N) is 2. The molecule has 2 fully saturated rings. The summed E-state index contributed by atoms with van der Waals surface area (Å²) in [6.07, 6.45) is -1.48. The van der Waals surface area contributed by atoms with E-state index in [-0.39, 0.29) is 25.7 Å². The van der Waals surface area contributed by atoms with Crippen LogP contribution in [0.5, 0.6) is 0 Å². The minimum atomic E-state index is -4.13. The molecule has 1 aromatic rings. The van der Waals surface area contributed by atoms with Crippen molar-refractivity contribution in [2.75, 3.05) is 0 Å². The quantitative estimate of drug-likeness (QED) is 0.901. The summed E-state index contributed by atoms with van der Waals surface area (Å²) in [5.74, 6) is 0.0307. The summed E-state index contributed by atoms with van der Waals surface area (Å²) in [4.78, 5) is 4.27. The van der Waals surface area contributed by atoms with Crippen LogP contribution in [-0.2, 0) is 5.54 Å². The van der Waals surface area contributed by atoms with Crippen LogP contribution < -0.4 is 5.73 Å². The molecule has 0 bridgehead atoms. The van der Waals surface area contributed by atoms with E-state index < -0.39 is 17.6 Å². The lowest BCUT2D eigenvalue weighted by Gasteiger charge is -2.35. The Kier molecular flexibility index (Phi) is 2.85. The van der Waals surface area contributed by atoms with E-state index in [0.29, 0.717) is 17.6 Å². The average molecular weight is 275 g/mol. The third-order valence-corrected chi connectivity index (χ3v) is 4.15. The fraction of sp³-hybridized carbons (Fsp3) is 0.833. The van der Waals surface area contributed by atoms with Gasteiger partial charge in [0.25, 0.3) is 0 Å². The SMILES string of the molecule is NC1(c2noc(C3CC3)n2)CCC(C(F)(F)F)CC1. The number of hydrogen-bond acceptors (Lipinski definition) is 4. The molecule has 3 rings (SSSR count). The summed E-state index contributed by atoms with van der Waals surface area (Å²) < 4.78 is 43.0. The third-order valence-electron chi connectivity index (χ3n) is 4.15. The lowest BCUT2D eigenvalue weighted by molar-refractivity contribution is -0.185. The minimum Gasteiger partial charge on any atom is -0.339 e. The van der Waals surface area contributed by atoms with Gasteiger partial charge in [-0.1, -0.05) is 5.16 Å². The molecule has 4 nitrogen and oxygen atoms in total. The number of hydrogen-bond donors (Lipinski definition) is 1. The van der Waals surface area contributed by atoms with Gasteiger partial charge >= 0.3 is 6.18 Å². The van der Waals surface area contributed by atoms with E-state index in [1.807, 2.05) is 0 Å². The van der Waals surface area contributed by atoms with Gasteiger partial charge in [0, 0.05) is 5.92 Å². The van der Waals surface area contributed by atoms with Crippen LogP contribution in [0.1, 0.15) is 56.2 Å². The van der Waals surface area contributed by atoms with Crippen LogP contribution in [0.15, 0.2) is 4.52 Å². The van der Waals surface area contributed by atoms with E-state index in [9.17, 15) is 13.2 Å². The molecule has 0 aromatic carbocycles. The van der Waals surface area contributed by atoms with E-state index >= 15 is 0 Å². The number of nitrogens with two attached hydrogens (primary N) is 1. The summed E-state index contributed by atoms with van der Waals surface area (Å²) >= 11 is 0. The van der Waals surface area contributed by atoms with Crippen molar-refractivity contribution in [3.05, 3.63) is 11.7 Å². The Hall–Kier alpha value is -1.11. The monoisotopic (exact) mass is 275 g/mol. The van der Waals surface area contributed by atoms with E-state index in [1.54, 1.807) is 0 Å². The first-order valence-electron chi connectivity index (χ1n) is 6.58. The van der Waals surface area contributed by atoms with Gasteiger partial charge in [-0.2, -0.15) is 18.2 Å². The highest BCUT2D eigenvalue weighted by Gasteiger charge is 2.47. The number of aromatic nitrogens is 2. The normalized spacial score (nSPS) is 32.5. The van der Waals surface area contributed by atoms with Crippen molar-refractivity contribution in [2.24, 2.45) is 11.7 Å². The molecule has 0 spiro atoms. The van der Waals surface area contributed by atoms with Gasteiger partial charge in [0.1, 0.15) is 0 Å². The van der Waals surface area contributed by atoms with Crippen molar-refractivity contribution in [2.45, 2.75) is 56.2 Å². The van der Waals surface area contributed by atoms with Crippen molar-refractivity contribution in [1.82, 2.24) is 10.1 Å². The van der Waals surface area contributed by atoms with Crippen LogP contribution in [0.4, 0.5) is 13.2 Å². The second-order valence-corrected chi connectivity index (χ2v) is 5.70. The van der Waals surface area contributed by atoms with Gasteiger partial charge in [-0.05, 0) is 38.5 Å². The summed E-state index contributed by atoms with van der Waals surface area (Å²) in [6.45, 7) is 0. The van der Waals surface area contributed by atoms with Crippen LogP contribution in [0.25, 0.3) is 0 Å². The number of rotatable bonds is 2. The second kappa shape index (κ2) is 4.19. The molecule has 19 heavy (non-hydrogen) atoms. The molecule has 0 aliphatic heterocycles. The maximum atomic E-state index is 12.6. The summed E-state index contributed by atoms with van der Waals surface area (Å²) in [7, 11) is 0. The Morgan fingerprint density at radius 3 is 2.32 bits per heavy atom. The first-order valence-corrected chi connectivity index (χ1v) is 6.58. The summed E-state index contributed by atoms with van der Waals surface area (Å²) in [6, 6.07) is 0. The highest BCUT2D eigenvalue weighted by atomic mass is 19.4. The number of alkyl halides is 3. The highest BCUT2D eigenvalue weighted by molar-refractivity contribution is 5.10. The van der Waals surface area contributed by atoms with Gasteiger partial charge in [-0.15, -0.1) is 0 Å². The van der Waals surface area contributed by atoms with Crippen molar-refractivity contribution in [3.63, 3.8) is 0 Å². The van der Waals surface area contributed by atoms with Gasteiger partial charge in [0.05, 0.1) is 11.5 Å².